The van der Waals surface area contributed by atoms with E-state index in [1.54, 1.807) is 0 Å². The molecule has 1 atom stereocenters. The number of aryl methyl sites for hydroxylation is 1. The summed E-state index contributed by atoms with van der Waals surface area (Å²) in [4.78, 5) is 9.06. The molecule has 4 heteroatoms. The van der Waals surface area contributed by atoms with E-state index in [4.69, 9.17) is 4.74 Å². The van der Waals surface area contributed by atoms with Gasteiger partial charge in [0.15, 0.2) is 5.82 Å². The van der Waals surface area contributed by atoms with Gasteiger partial charge in [-0.3, -0.25) is 0 Å². The minimum absolute atomic E-state index is 0.0642. The number of hydrogen-bond acceptors (Lipinski definition) is 3. The zero-order valence-corrected chi connectivity index (χ0v) is 17.3. The lowest BCUT2D eigenvalue weighted by atomic mass is 10.0. The van der Waals surface area contributed by atoms with Gasteiger partial charge < -0.3 is 4.74 Å². The summed E-state index contributed by atoms with van der Waals surface area (Å²) in [5.41, 5.74) is 4.33. The third-order valence-corrected chi connectivity index (χ3v) is 4.85. The zero-order chi connectivity index (χ0) is 20.5. The number of nitrogens with zero attached hydrogens (tertiary/aromatic N) is 2. The Hall–Kier alpha value is -2.75. The van der Waals surface area contributed by atoms with E-state index in [1.807, 2.05) is 36.7 Å². The first-order valence-electron chi connectivity index (χ1n) is 10.4. The van der Waals surface area contributed by atoms with Crippen LogP contribution in [0.3, 0.4) is 0 Å². The van der Waals surface area contributed by atoms with Crippen molar-refractivity contribution in [2.45, 2.75) is 52.1 Å². The number of hydrogen-bond donors (Lipinski definition) is 0. The predicted molar refractivity (Wildman–Crippen MR) is 117 cm³/mol. The van der Waals surface area contributed by atoms with Gasteiger partial charge in [-0.05, 0) is 43.0 Å². The molecule has 0 aliphatic heterocycles. The van der Waals surface area contributed by atoms with Gasteiger partial charge in [0, 0.05) is 23.5 Å². The first-order valence-corrected chi connectivity index (χ1v) is 10.4. The van der Waals surface area contributed by atoms with Crippen LogP contribution < -0.4 is 4.74 Å². The lowest BCUT2D eigenvalue weighted by Gasteiger charge is -2.08. The Bertz CT molecular complexity index is 859. The highest BCUT2D eigenvalue weighted by Crippen LogP contribution is 2.23. The van der Waals surface area contributed by atoms with Crippen LogP contribution in [0.2, 0.25) is 0 Å². The molecular weight excluding hydrogens is 363 g/mol. The maximum Gasteiger partial charge on any atom is 0.159 e. The molecule has 0 saturated heterocycles. The van der Waals surface area contributed by atoms with Crippen LogP contribution in [0.15, 0.2) is 60.9 Å². The second-order valence-electron chi connectivity index (χ2n) is 7.42. The number of alkyl halides is 1. The molecule has 0 amide bonds. The molecule has 1 unspecified atom stereocenters. The van der Waals surface area contributed by atoms with Crippen LogP contribution >= 0.6 is 0 Å². The highest BCUT2D eigenvalue weighted by molar-refractivity contribution is 5.64. The molecule has 152 valence electrons. The molecule has 1 aromatic heterocycles. The van der Waals surface area contributed by atoms with Crippen molar-refractivity contribution in [2.75, 3.05) is 6.61 Å². The molecule has 3 nitrogen and oxygen atoms in total. The summed E-state index contributed by atoms with van der Waals surface area (Å²) >= 11 is 0. The van der Waals surface area contributed by atoms with Crippen molar-refractivity contribution in [3.05, 3.63) is 66.5 Å². The zero-order valence-electron chi connectivity index (χ0n) is 17.3. The summed E-state index contributed by atoms with van der Waals surface area (Å²) < 4.78 is 18.2. The fraction of sp³-hybridized carbons (Fsp3) is 0.360. The topological polar surface area (TPSA) is 35.0 Å². The number of ether oxygens (including phenoxy) is 1. The minimum atomic E-state index is -0.981. The Balaban J connectivity index is 1.61. The van der Waals surface area contributed by atoms with Gasteiger partial charge in [-0.1, -0.05) is 62.6 Å². The molecule has 0 aliphatic rings. The standard InChI is InChI=1S/C25H29FN2O/c1-3-4-5-6-7-20-8-10-22(11-9-20)25-27-16-23(17-28-25)21-12-14-24(15-13-21)29-18-19(2)26/h8-17,19H,3-7,18H2,1-2H3. The minimum Gasteiger partial charge on any atom is -0.491 e. The molecule has 0 bridgehead atoms. The van der Waals surface area contributed by atoms with Crippen molar-refractivity contribution in [2.24, 2.45) is 0 Å². The molecule has 2 aromatic carbocycles. The number of rotatable bonds is 10. The van der Waals surface area contributed by atoms with E-state index < -0.39 is 6.17 Å². The van der Waals surface area contributed by atoms with Crippen molar-refractivity contribution in [3.8, 4) is 28.3 Å². The molecule has 0 radical (unpaired) electrons. The van der Waals surface area contributed by atoms with Gasteiger partial charge in [-0.2, -0.15) is 0 Å². The van der Waals surface area contributed by atoms with Gasteiger partial charge in [-0.25, -0.2) is 14.4 Å². The molecule has 0 aliphatic carbocycles. The highest BCUT2D eigenvalue weighted by atomic mass is 19.1. The molecule has 0 fully saturated rings. The Morgan fingerprint density at radius 3 is 2.10 bits per heavy atom. The maximum atomic E-state index is 12.9. The van der Waals surface area contributed by atoms with Crippen molar-refractivity contribution >= 4 is 0 Å². The molecular formula is C25H29FN2O. The SMILES string of the molecule is CCCCCCc1ccc(-c2ncc(-c3ccc(OCC(C)F)cc3)cn2)cc1. The van der Waals surface area contributed by atoms with Crippen molar-refractivity contribution < 1.29 is 9.13 Å². The van der Waals surface area contributed by atoms with E-state index in [0.29, 0.717) is 5.75 Å². The molecule has 3 rings (SSSR count). The van der Waals surface area contributed by atoms with Gasteiger partial charge in [0.2, 0.25) is 0 Å². The summed E-state index contributed by atoms with van der Waals surface area (Å²) in [7, 11) is 0. The highest BCUT2D eigenvalue weighted by Gasteiger charge is 2.05. The van der Waals surface area contributed by atoms with E-state index in [9.17, 15) is 4.39 Å². The van der Waals surface area contributed by atoms with Crippen LogP contribution in [0, 0.1) is 0 Å². The summed E-state index contributed by atoms with van der Waals surface area (Å²) in [5, 5.41) is 0. The quantitative estimate of drug-likeness (QED) is 0.361. The Morgan fingerprint density at radius 1 is 0.828 bits per heavy atom. The van der Waals surface area contributed by atoms with Crippen LogP contribution in [0.4, 0.5) is 4.39 Å². The van der Waals surface area contributed by atoms with Gasteiger partial charge in [0.25, 0.3) is 0 Å². The van der Waals surface area contributed by atoms with Crippen molar-refractivity contribution in [1.82, 2.24) is 9.97 Å². The lowest BCUT2D eigenvalue weighted by molar-refractivity contribution is 0.210. The van der Waals surface area contributed by atoms with E-state index in [1.165, 1.54) is 38.2 Å². The Kier molecular flexibility index (Phi) is 7.74. The van der Waals surface area contributed by atoms with Gasteiger partial charge in [0.05, 0.1) is 0 Å². The summed E-state index contributed by atoms with van der Waals surface area (Å²) in [6, 6.07) is 16.1. The number of benzene rings is 2. The van der Waals surface area contributed by atoms with Crippen LogP contribution in [-0.4, -0.2) is 22.7 Å². The van der Waals surface area contributed by atoms with Crippen LogP contribution in [-0.2, 0) is 6.42 Å². The van der Waals surface area contributed by atoms with Crippen molar-refractivity contribution in [1.29, 1.82) is 0 Å². The fourth-order valence-corrected chi connectivity index (χ4v) is 3.16. The normalized spacial score (nSPS) is 12.0. The van der Waals surface area contributed by atoms with Crippen molar-refractivity contribution in [3.63, 3.8) is 0 Å². The summed E-state index contributed by atoms with van der Waals surface area (Å²) in [6.45, 7) is 3.78. The molecule has 0 spiro atoms. The fourth-order valence-electron chi connectivity index (χ4n) is 3.16. The molecule has 0 N–H and O–H groups in total. The predicted octanol–water partition coefficient (Wildman–Crippen LogP) is 6.67. The largest absolute Gasteiger partial charge is 0.491 e. The maximum absolute atomic E-state index is 12.9. The van der Waals surface area contributed by atoms with Crippen LogP contribution in [0.1, 0.15) is 45.1 Å². The third kappa shape index (κ3) is 6.38. The smallest absolute Gasteiger partial charge is 0.159 e. The molecule has 0 saturated carbocycles. The van der Waals surface area contributed by atoms with Gasteiger partial charge >= 0.3 is 0 Å². The van der Waals surface area contributed by atoms with Gasteiger partial charge in [-0.15, -0.1) is 0 Å². The van der Waals surface area contributed by atoms with E-state index in [0.717, 1.165) is 28.9 Å². The second kappa shape index (κ2) is 10.7. The second-order valence-corrected chi connectivity index (χ2v) is 7.42. The lowest BCUT2D eigenvalue weighted by Crippen LogP contribution is -2.08. The van der Waals surface area contributed by atoms with Crippen LogP contribution in [0.25, 0.3) is 22.5 Å². The average molecular weight is 393 g/mol. The number of aromatic nitrogens is 2. The summed E-state index contributed by atoms with van der Waals surface area (Å²) in [6.07, 6.45) is 8.93. The number of unbranched alkanes of at least 4 members (excludes halogenated alkanes) is 3. The molecule has 29 heavy (non-hydrogen) atoms. The Labute approximate surface area is 173 Å². The van der Waals surface area contributed by atoms with Crippen LogP contribution in [0.5, 0.6) is 5.75 Å². The average Bonchev–Trinajstić information content (AvgIpc) is 2.76. The monoisotopic (exact) mass is 392 g/mol. The number of halogens is 1. The van der Waals surface area contributed by atoms with E-state index in [-0.39, 0.29) is 6.61 Å². The first-order chi connectivity index (χ1) is 14.2. The molecule has 3 aromatic rings. The van der Waals surface area contributed by atoms with E-state index in [2.05, 4.69) is 41.2 Å². The van der Waals surface area contributed by atoms with E-state index >= 15 is 0 Å². The van der Waals surface area contributed by atoms with Gasteiger partial charge in [0.1, 0.15) is 18.5 Å². The summed E-state index contributed by atoms with van der Waals surface area (Å²) in [5.74, 6) is 1.38. The first kappa shape index (κ1) is 21.0. The molecule has 1 heterocycles. The Morgan fingerprint density at radius 2 is 1.48 bits per heavy atom. The third-order valence-electron chi connectivity index (χ3n) is 4.85.